The number of rotatable bonds is 2. The summed E-state index contributed by atoms with van der Waals surface area (Å²) in [5.41, 5.74) is -0.801. The van der Waals surface area contributed by atoms with Crippen molar-refractivity contribution in [3.05, 3.63) is 18.0 Å². The summed E-state index contributed by atoms with van der Waals surface area (Å²) in [7, 11) is 0. The van der Waals surface area contributed by atoms with Gasteiger partial charge in [-0.2, -0.15) is 18.3 Å². The van der Waals surface area contributed by atoms with Gasteiger partial charge in [-0.15, -0.1) is 0 Å². The van der Waals surface area contributed by atoms with Gasteiger partial charge in [-0.25, -0.2) is 0 Å². The summed E-state index contributed by atoms with van der Waals surface area (Å²) >= 11 is 0. The first kappa shape index (κ1) is 11.0. The standard InChI is InChI=1S/C8H11F3N2O/c1-5(6(2)14)13-4-7(3-12-13)8(9,10)11/h3-6,14H,1-2H3. The van der Waals surface area contributed by atoms with E-state index in [-0.39, 0.29) is 0 Å². The van der Waals surface area contributed by atoms with E-state index in [1.165, 1.54) is 6.92 Å². The third kappa shape index (κ3) is 2.25. The maximum absolute atomic E-state index is 12.1. The first-order chi connectivity index (χ1) is 6.32. The quantitative estimate of drug-likeness (QED) is 0.805. The maximum atomic E-state index is 12.1. The van der Waals surface area contributed by atoms with Crippen LogP contribution in [0.5, 0.6) is 0 Å². The topological polar surface area (TPSA) is 38.0 Å². The van der Waals surface area contributed by atoms with Crippen LogP contribution >= 0.6 is 0 Å². The SMILES string of the molecule is CC(O)C(C)n1cc(C(F)(F)F)cn1. The van der Waals surface area contributed by atoms with Crippen molar-refractivity contribution < 1.29 is 18.3 Å². The van der Waals surface area contributed by atoms with Crippen molar-refractivity contribution in [3.8, 4) is 0 Å². The number of aliphatic hydroxyl groups excluding tert-OH is 1. The second-order valence-electron chi connectivity index (χ2n) is 3.19. The molecule has 0 radical (unpaired) electrons. The molecule has 0 saturated heterocycles. The van der Waals surface area contributed by atoms with Crippen LogP contribution in [-0.4, -0.2) is 21.0 Å². The van der Waals surface area contributed by atoms with Crippen LogP contribution in [0.4, 0.5) is 13.2 Å². The molecule has 0 aliphatic heterocycles. The Morgan fingerprint density at radius 2 is 2.00 bits per heavy atom. The van der Waals surface area contributed by atoms with Crippen molar-refractivity contribution in [3.63, 3.8) is 0 Å². The zero-order valence-corrected chi connectivity index (χ0v) is 7.78. The number of hydrogen-bond acceptors (Lipinski definition) is 2. The molecular weight excluding hydrogens is 197 g/mol. The highest BCUT2D eigenvalue weighted by Gasteiger charge is 2.32. The molecule has 1 aromatic rings. The number of nitrogens with zero attached hydrogens (tertiary/aromatic N) is 2. The van der Waals surface area contributed by atoms with Crippen LogP contribution < -0.4 is 0 Å². The van der Waals surface area contributed by atoms with Crippen molar-refractivity contribution in [2.24, 2.45) is 0 Å². The summed E-state index contributed by atoms with van der Waals surface area (Å²) in [6.07, 6.45) is -3.48. The number of hydrogen-bond donors (Lipinski definition) is 1. The van der Waals surface area contributed by atoms with Crippen molar-refractivity contribution >= 4 is 0 Å². The van der Waals surface area contributed by atoms with Gasteiger partial charge in [0.05, 0.1) is 23.9 Å². The lowest BCUT2D eigenvalue weighted by molar-refractivity contribution is -0.137. The first-order valence-electron chi connectivity index (χ1n) is 4.12. The minimum atomic E-state index is -4.38. The molecule has 2 unspecified atom stereocenters. The molecule has 1 aromatic heterocycles. The van der Waals surface area contributed by atoms with Gasteiger partial charge in [0.25, 0.3) is 0 Å². The van der Waals surface area contributed by atoms with Gasteiger partial charge < -0.3 is 5.11 Å². The van der Waals surface area contributed by atoms with E-state index in [0.717, 1.165) is 17.1 Å². The van der Waals surface area contributed by atoms with Crippen LogP contribution in [0.15, 0.2) is 12.4 Å². The molecule has 14 heavy (non-hydrogen) atoms. The highest BCUT2D eigenvalue weighted by Crippen LogP contribution is 2.29. The Morgan fingerprint density at radius 1 is 1.43 bits per heavy atom. The predicted molar refractivity (Wildman–Crippen MR) is 43.6 cm³/mol. The third-order valence-electron chi connectivity index (χ3n) is 2.04. The fourth-order valence-corrected chi connectivity index (χ4v) is 0.928. The van der Waals surface area contributed by atoms with Crippen LogP contribution in [0.25, 0.3) is 0 Å². The lowest BCUT2D eigenvalue weighted by Gasteiger charge is -2.14. The molecule has 2 atom stereocenters. The Bertz CT molecular complexity index is 306. The van der Waals surface area contributed by atoms with Crippen molar-refractivity contribution in [1.82, 2.24) is 9.78 Å². The lowest BCUT2D eigenvalue weighted by atomic mass is 10.2. The van der Waals surface area contributed by atoms with Gasteiger partial charge in [-0.3, -0.25) is 4.68 Å². The molecule has 1 heterocycles. The number of aromatic nitrogens is 2. The van der Waals surface area contributed by atoms with Gasteiger partial charge in [-0.1, -0.05) is 0 Å². The minimum Gasteiger partial charge on any atom is -0.391 e. The molecule has 0 bridgehead atoms. The second kappa shape index (κ2) is 3.61. The van der Waals surface area contributed by atoms with Crippen molar-refractivity contribution in [2.75, 3.05) is 0 Å². The molecule has 0 saturated carbocycles. The summed E-state index contributed by atoms with van der Waals surface area (Å²) in [5, 5.41) is 12.7. The van der Waals surface area contributed by atoms with Crippen LogP contribution in [0, 0.1) is 0 Å². The van der Waals surface area contributed by atoms with Crippen LogP contribution in [0.1, 0.15) is 25.5 Å². The Labute approximate surface area is 79.2 Å². The van der Waals surface area contributed by atoms with E-state index in [1.807, 2.05) is 0 Å². The second-order valence-corrected chi connectivity index (χ2v) is 3.19. The van der Waals surface area contributed by atoms with E-state index in [1.54, 1.807) is 6.92 Å². The Kier molecular flexibility index (Phi) is 2.84. The molecular formula is C8H11F3N2O. The molecule has 6 heteroatoms. The largest absolute Gasteiger partial charge is 0.419 e. The summed E-state index contributed by atoms with van der Waals surface area (Å²) in [5.74, 6) is 0. The molecule has 0 amide bonds. The van der Waals surface area contributed by atoms with E-state index in [2.05, 4.69) is 5.10 Å². The van der Waals surface area contributed by atoms with Gasteiger partial charge in [-0.05, 0) is 13.8 Å². The predicted octanol–water partition coefficient (Wildman–Crippen LogP) is 1.84. The van der Waals surface area contributed by atoms with Gasteiger partial charge in [0.1, 0.15) is 0 Å². The van der Waals surface area contributed by atoms with Gasteiger partial charge in [0.2, 0.25) is 0 Å². The van der Waals surface area contributed by atoms with Gasteiger partial charge >= 0.3 is 6.18 Å². The first-order valence-corrected chi connectivity index (χ1v) is 4.12. The third-order valence-corrected chi connectivity index (χ3v) is 2.04. The average Bonchev–Trinajstić information content (AvgIpc) is 2.49. The molecule has 1 rings (SSSR count). The Morgan fingerprint density at radius 3 is 2.36 bits per heavy atom. The number of halogens is 3. The minimum absolute atomic E-state index is 0.467. The maximum Gasteiger partial charge on any atom is 0.419 e. The molecule has 0 aromatic carbocycles. The summed E-state index contributed by atoms with van der Waals surface area (Å²) < 4.78 is 37.6. The number of aliphatic hydroxyl groups is 1. The molecule has 1 N–H and O–H groups in total. The zero-order valence-electron chi connectivity index (χ0n) is 7.78. The van der Waals surface area contributed by atoms with E-state index in [9.17, 15) is 13.2 Å². The highest BCUT2D eigenvalue weighted by molar-refractivity contribution is 5.08. The summed E-state index contributed by atoms with van der Waals surface area (Å²) in [6, 6.07) is -0.467. The van der Waals surface area contributed by atoms with E-state index in [4.69, 9.17) is 5.11 Å². The molecule has 0 aliphatic rings. The monoisotopic (exact) mass is 208 g/mol. The molecule has 0 fully saturated rings. The average molecular weight is 208 g/mol. The number of alkyl halides is 3. The van der Waals surface area contributed by atoms with Crippen LogP contribution in [0.2, 0.25) is 0 Å². The van der Waals surface area contributed by atoms with Gasteiger partial charge in [0, 0.05) is 6.20 Å². The molecule has 3 nitrogen and oxygen atoms in total. The van der Waals surface area contributed by atoms with Crippen LogP contribution in [-0.2, 0) is 6.18 Å². The Hall–Kier alpha value is -1.04. The van der Waals surface area contributed by atoms with Crippen molar-refractivity contribution in [1.29, 1.82) is 0 Å². The lowest BCUT2D eigenvalue weighted by Crippen LogP contribution is -2.18. The zero-order chi connectivity index (χ0) is 10.9. The fraction of sp³-hybridized carbons (Fsp3) is 0.625. The van der Waals surface area contributed by atoms with E-state index >= 15 is 0 Å². The fourth-order valence-electron chi connectivity index (χ4n) is 0.928. The van der Waals surface area contributed by atoms with Crippen molar-refractivity contribution in [2.45, 2.75) is 32.2 Å². The highest BCUT2D eigenvalue weighted by atomic mass is 19.4. The molecule has 0 aliphatic carbocycles. The summed E-state index contributed by atoms with van der Waals surface area (Å²) in [4.78, 5) is 0. The van der Waals surface area contributed by atoms with E-state index < -0.39 is 23.9 Å². The molecule has 0 spiro atoms. The molecule has 80 valence electrons. The van der Waals surface area contributed by atoms with Crippen LogP contribution in [0.3, 0.4) is 0 Å². The summed E-state index contributed by atoms with van der Waals surface area (Å²) in [6.45, 7) is 3.09. The smallest absolute Gasteiger partial charge is 0.391 e. The normalized spacial score (nSPS) is 16.7. The van der Waals surface area contributed by atoms with Gasteiger partial charge in [0.15, 0.2) is 0 Å². The Balaban J connectivity index is 2.89. The van der Waals surface area contributed by atoms with E-state index in [0.29, 0.717) is 0 Å².